The van der Waals surface area contributed by atoms with Crippen molar-refractivity contribution in [3.63, 3.8) is 0 Å². The average molecular weight is 261 g/mol. The fourth-order valence-electron chi connectivity index (χ4n) is 1.72. The van der Waals surface area contributed by atoms with E-state index < -0.39 is 0 Å². The van der Waals surface area contributed by atoms with Crippen molar-refractivity contribution in [1.29, 1.82) is 0 Å². The van der Waals surface area contributed by atoms with Crippen LogP contribution < -0.4 is 11.3 Å². The van der Waals surface area contributed by atoms with E-state index in [4.69, 9.17) is 17.4 Å². The second-order valence-corrected chi connectivity index (χ2v) is 4.07. The Labute approximate surface area is 107 Å². The van der Waals surface area contributed by atoms with Gasteiger partial charge in [0.05, 0.1) is 22.9 Å². The molecular formula is C11H9ClN6. The third kappa shape index (κ3) is 1.77. The number of anilines is 1. The Hall–Kier alpha value is -2.18. The van der Waals surface area contributed by atoms with Crippen LogP contribution in [0.2, 0.25) is 5.02 Å². The van der Waals surface area contributed by atoms with Gasteiger partial charge in [-0.1, -0.05) is 23.7 Å². The number of fused-ring (bicyclic) bond motifs is 1. The molecule has 0 unspecified atom stereocenters. The van der Waals surface area contributed by atoms with Crippen LogP contribution in [0.4, 0.5) is 5.95 Å². The molecule has 7 heteroatoms. The number of aromatic nitrogens is 4. The van der Waals surface area contributed by atoms with Gasteiger partial charge >= 0.3 is 0 Å². The van der Waals surface area contributed by atoms with Gasteiger partial charge in [0.15, 0.2) is 5.82 Å². The highest BCUT2D eigenvalue weighted by molar-refractivity contribution is 6.30. The molecule has 18 heavy (non-hydrogen) atoms. The van der Waals surface area contributed by atoms with Gasteiger partial charge in [-0.2, -0.15) is 10.1 Å². The number of hydrazine groups is 1. The van der Waals surface area contributed by atoms with Crippen molar-refractivity contribution < 1.29 is 0 Å². The maximum atomic E-state index is 5.87. The van der Waals surface area contributed by atoms with Gasteiger partial charge in [-0.25, -0.2) is 15.5 Å². The quantitative estimate of drug-likeness (QED) is 0.542. The number of nitrogens with two attached hydrogens (primary N) is 1. The Morgan fingerprint density at radius 1 is 1.22 bits per heavy atom. The highest BCUT2D eigenvalue weighted by Gasteiger charge is 2.09. The number of halogens is 1. The lowest BCUT2D eigenvalue weighted by Crippen LogP contribution is -2.12. The molecule has 90 valence electrons. The summed E-state index contributed by atoms with van der Waals surface area (Å²) in [4.78, 5) is 8.56. The molecule has 6 nitrogen and oxygen atoms in total. The van der Waals surface area contributed by atoms with Crippen LogP contribution in [0.25, 0.3) is 16.7 Å². The predicted octanol–water partition coefficient (Wildman–Crippen LogP) is 1.75. The van der Waals surface area contributed by atoms with Crippen molar-refractivity contribution in [2.45, 2.75) is 0 Å². The van der Waals surface area contributed by atoms with E-state index in [9.17, 15) is 0 Å². The maximum Gasteiger partial charge on any atom is 0.239 e. The van der Waals surface area contributed by atoms with Crippen LogP contribution in [0.1, 0.15) is 0 Å². The van der Waals surface area contributed by atoms with Crippen molar-refractivity contribution in [2.24, 2.45) is 5.84 Å². The van der Waals surface area contributed by atoms with Crippen LogP contribution >= 0.6 is 11.6 Å². The third-order valence-corrected chi connectivity index (χ3v) is 2.68. The Balaban J connectivity index is 2.32. The van der Waals surface area contributed by atoms with E-state index in [1.807, 2.05) is 24.3 Å². The molecule has 1 aromatic carbocycles. The first kappa shape index (κ1) is 10.9. The molecule has 3 N–H and O–H groups in total. The second kappa shape index (κ2) is 4.25. The summed E-state index contributed by atoms with van der Waals surface area (Å²) in [6.07, 6.45) is 3.23. The first-order valence-corrected chi connectivity index (χ1v) is 5.59. The minimum atomic E-state index is 0.329. The highest BCUT2D eigenvalue weighted by Crippen LogP contribution is 2.21. The second-order valence-electron chi connectivity index (χ2n) is 3.64. The first-order chi connectivity index (χ1) is 8.78. The molecular weight excluding hydrogens is 252 g/mol. The van der Waals surface area contributed by atoms with E-state index in [-0.39, 0.29) is 0 Å². The van der Waals surface area contributed by atoms with E-state index in [0.29, 0.717) is 16.8 Å². The molecule has 0 aliphatic rings. The Kier molecular flexibility index (Phi) is 2.58. The number of rotatable bonds is 2. The van der Waals surface area contributed by atoms with Crippen LogP contribution in [0.5, 0.6) is 0 Å². The van der Waals surface area contributed by atoms with Crippen LogP contribution in [-0.4, -0.2) is 19.7 Å². The van der Waals surface area contributed by atoms with Crippen LogP contribution in [0.15, 0.2) is 36.7 Å². The third-order valence-electron chi connectivity index (χ3n) is 2.48. The molecule has 0 radical (unpaired) electrons. The number of nitrogens with zero attached hydrogens (tertiary/aromatic N) is 4. The van der Waals surface area contributed by atoms with E-state index in [2.05, 4.69) is 20.5 Å². The van der Waals surface area contributed by atoms with Crippen LogP contribution in [-0.2, 0) is 0 Å². The van der Waals surface area contributed by atoms with Gasteiger partial charge in [0, 0.05) is 5.39 Å². The summed E-state index contributed by atoms with van der Waals surface area (Å²) in [5, 5.41) is 5.55. The summed E-state index contributed by atoms with van der Waals surface area (Å²) in [6, 6.07) is 7.61. The van der Waals surface area contributed by atoms with Gasteiger partial charge in [-0.15, -0.1) is 0 Å². The van der Waals surface area contributed by atoms with Crippen molar-refractivity contribution >= 4 is 28.5 Å². The molecule has 3 aromatic rings. The zero-order valence-corrected chi connectivity index (χ0v) is 9.96. The van der Waals surface area contributed by atoms with Crippen molar-refractivity contribution in [3.8, 4) is 5.82 Å². The maximum absolute atomic E-state index is 5.87. The molecule has 0 spiro atoms. The largest absolute Gasteiger partial charge is 0.292 e. The predicted molar refractivity (Wildman–Crippen MR) is 69.5 cm³/mol. The van der Waals surface area contributed by atoms with Crippen molar-refractivity contribution in [2.75, 3.05) is 5.43 Å². The van der Waals surface area contributed by atoms with Crippen molar-refractivity contribution in [3.05, 3.63) is 41.7 Å². The Morgan fingerprint density at radius 2 is 2.06 bits per heavy atom. The standard InChI is InChI=1S/C11H9ClN6/c12-7-5-14-18(6-7)10-8-3-1-2-4-9(8)15-11(16-10)17-13/h1-6H,13H2,(H,15,16,17). The van der Waals surface area contributed by atoms with Gasteiger partial charge in [0.1, 0.15) is 0 Å². The first-order valence-electron chi connectivity index (χ1n) is 5.22. The van der Waals surface area contributed by atoms with Crippen LogP contribution in [0.3, 0.4) is 0 Å². The number of benzene rings is 1. The van der Waals surface area contributed by atoms with Gasteiger partial charge in [0.25, 0.3) is 0 Å². The van der Waals surface area contributed by atoms with Gasteiger partial charge in [0.2, 0.25) is 5.95 Å². The normalized spacial score (nSPS) is 10.8. The number of hydrogen-bond acceptors (Lipinski definition) is 5. The molecule has 2 aromatic heterocycles. The number of nitrogen functional groups attached to an aromatic ring is 1. The van der Waals surface area contributed by atoms with Crippen molar-refractivity contribution in [1.82, 2.24) is 19.7 Å². The molecule has 0 aliphatic carbocycles. The average Bonchev–Trinajstić information content (AvgIpc) is 2.84. The molecule has 0 fully saturated rings. The number of para-hydroxylation sites is 1. The molecule has 0 bridgehead atoms. The zero-order chi connectivity index (χ0) is 12.5. The lowest BCUT2D eigenvalue weighted by molar-refractivity contribution is 0.851. The minimum Gasteiger partial charge on any atom is -0.292 e. The fraction of sp³-hybridized carbons (Fsp3) is 0. The molecule has 0 saturated heterocycles. The summed E-state index contributed by atoms with van der Waals surface area (Å²) in [5.74, 6) is 6.32. The topological polar surface area (TPSA) is 81.6 Å². The summed E-state index contributed by atoms with van der Waals surface area (Å²) < 4.78 is 1.59. The lowest BCUT2D eigenvalue weighted by Gasteiger charge is -2.07. The lowest BCUT2D eigenvalue weighted by atomic mass is 10.2. The van der Waals surface area contributed by atoms with Gasteiger partial charge in [-0.05, 0) is 12.1 Å². The monoisotopic (exact) mass is 260 g/mol. The van der Waals surface area contributed by atoms with E-state index >= 15 is 0 Å². The smallest absolute Gasteiger partial charge is 0.239 e. The van der Waals surface area contributed by atoms with E-state index in [1.165, 1.54) is 0 Å². The van der Waals surface area contributed by atoms with Gasteiger partial charge in [-0.3, -0.25) is 5.43 Å². The van der Waals surface area contributed by atoms with Crippen LogP contribution in [0, 0.1) is 0 Å². The summed E-state index contributed by atoms with van der Waals surface area (Å²) in [7, 11) is 0. The zero-order valence-electron chi connectivity index (χ0n) is 9.21. The Morgan fingerprint density at radius 3 is 2.78 bits per heavy atom. The molecule has 3 rings (SSSR count). The van der Waals surface area contributed by atoms with E-state index in [0.717, 1.165) is 10.9 Å². The highest BCUT2D eigenvalue weighted by atomic mass is 35.5. The minimum absolute atomic E-state index is 0.329. The number of nitrogens with one attached hydrogen (secondary N) is 1. The Bertz CT molecular complexity index is 708. The molecule has 0 saturated carbocycles. The molecule has 0 atom stereocenters. The summed E-state index contributed by atoms with van der Waals surface area (Å²) in [6.45, 7) is 0. The fourth-order valence-corrected chi connectivity index (χ4v) is 1.85. The molecule has 0 amide bonds. The molecule has 0 aliphatic heterocycles. The number of hydrogen-bond donors (Lipinski definition) is 2. The SMILES string of the molecule is NNc1nc(-n2cc(Cl)cn2)c2ccccc2n1. The van der Waals surface area contributed by atoms with Gasteiger partial charge < -0.3 is 0 Å². The summed E-state index contributed by atoms with van der Waals surface area (Å²) in [5.41, 5.74) is 3.22. The van der Waals surface area contributed by atoms with E-state index in [1.54, 1.807) is 17.1 Å². The summed E-state index contributed by atoms with van der Waals surface area (Å²) >= 11 is 5.87. The molecule has 2 heterocycles.